The Morgan fingerprint density at radius 2 is 1.77 bits per heavy atom. The van der Waals surface area contributed by atoms with Crippen molar-refractivity contribution in [3.63, 3.8) is 0 Å². The maximum absolute atomic E-state index is 14.6. The van der Waals surface area contributed by atoms with Crippen molar-refractivity contribution >= 4 is 75.2 Å². The number of piperidine rings is 1. The average molecular weight is 491 g/mol. The highest BCUT2D eigenvalue weighted by molar-refractivity contribution is 6.54. The van der Waals surface area contributed by atoms with Gasteiger partial charge in [0.2, 0.25) is 11.8 Å². The molecule has 1 atom stereocenters. The number of fused-ring (bicyclic) bond motifs is 1. The Labute approximate surface area is 208 Å². The van der Waals surface area contributed by atoms with Crippen molar-refractivity contribution < 1.29 is 28.0 Å². The van der Waals surface area contributed by atoms with E-state index in [9.17, 15) is 28.0 Å². The van der Waals surface area contributed by atoms with Gasteiger partial charge in [0, 0.05) is 35.7 Å². The number of nitrogens with one attached hydrogen (secondary N) is 2. The normalized spacial score (nSPS) is 17.9. The molecule has 6 radical (unpaired) electrons. The zero-order valence-electron chi connectivity index (χ0n) is 18.2. The first-order valence-electron chi connectivity index (χ1n) is 10.5. The fourth-order valence-corrected chi connectivity index (χ4v) is 4.33. The van der Waals surface area contributed by atoms with Crippen LogP contribution < -0.4 is 27.0 Å². The molecule has 172 valence electrons. The molecule has 2 heterocycles. The van der Waals surface area contributed by atoms with Crippen LogP contribution in [-0.2, 0) is 33.4 Å². The van der Waals surface area contributed by atoms with Crippen LogP contribution in [0, 0.1) is 0 Å². The Morgan fingerprint density at radius 3 is 2.40 bits per heavy atom. The number of benzene rings is 2. The van der Waals surface area contributed by atoms with Crippen LogP contribution in [0.25, 0.3) is 0 Å². The Kier molecular flexibility index (Phi) is 6.53. The number of hydrogen-bond acceptors (Lipinski definition) is 4. The third-order valence-corrected chi connectivity index (χ3v) is 6.40. The van der Waals surface area contributed by atoms with Gasteiger partial charge in [-0.15, -0.1) is 0 Å². The summed E-state index contributed by atoms with van der Waals surface area (Å²) in [7, 11) is 18.4. The van der Waals surface area contributed by atoms with Crippen molar-refractivity contribution in [2.45, 2.75) is 37.9 Å². The highest BCUT2D eigenvalue weighted by Crippen LogP contribution is 2.29. The second kappa shape index (κ2) is 9.15. The lowest BCUT2D eigenvalue weighted by Crippen LogP contribution is -2.52. The second-order valence-corrected chi connectivity index (χ2v) is 8.67. The van der Waals surface area contributed by atoms with Gasteiger partial charge in [0.1, 0.15) is 29.6 Å². The summed E-state index contributed by atoms with van der Waals surface area (Å²) in [6.07, 6.45) is 0.186. The zero-order chi connectivity index (χ0) is 25.7. The van der Waals surface area contributed by atoms with Gasteiger partial charge < -0.3 is 10.2 Å². The van der Waals surface area contributed by atoms with Crippen LogP contribution in [0.1, 0.15) is 39.9 Å². The van der Waals surface area contributed by atoms with Gasteiger partial charge in [-0.2, -0.15) is 8.78 Å². The van der Waals surface area contributed by atoms with Crippen LogP contribution >= 0.6 is 11.6 Å². The van der Waals surface area contributed by atoms with Crippen molar-refractivity contribution in [1.82, 2.24) is 15.5 Å². The van der Waals surface area contributed by atoms with Crippen LogP contribution in [0.4, 0.5) is 8.78 Å². The van der Waals surface area contributed by atoms with E-state index in [2.05, 4.69) is 10.6 Å². The molecule has 1 saturated heterocycles. The number of hydrogen-bond donors (Lipinski definition) is 2. The molecule has 4 rings (SSSR count). The van der Waals surface area contributed by atoms with Crippen molar-refractivity contribution in [3.05, 3.63) is 51.5 Å². The summed E-state index contributed by atoms with van der Waals surface area (Å²) >= 11 is 5.71. The maximum Gasteiger partial charge on any atom is 0.349 e. The minimum absolute atomic E-state index is 0.00581. The number of nitrogens with zero attached hydrogens (tertiary/aromatic N) is 1. The van der Waals surface area contributed by atoms with Gasteiger partial charge in [-0.25, -0.2) is 0 Å². The molecule has 0 bridgehead atoms. The molecule has 1 unspecified atom stereocenters. The molecule has 2 N–H and O–H groups in total. The van der Waals surface area contributed by atoms with Gasteiger partial charge in [0.15, 0.2) is 0 Å². The first-order chi connectivity index (χ1) is 16.4. The fourth-order valence-electron chi connectivity index (χ4n) is 4.21. The Bertz CT molecular complexity index is 1270. The Morgan fingerprint density at radius 1 is 1.11 bits per heavy atom. The number of halogens is 3. The van der Waals surface area contributed by atoms with Gasteiger partial charge in [0.05, 0.1) is 0 Å². The quantitative estimate of drug-likeness (QED) is 0.410. The Hall–Kier alpha value is -3.14. The number of alkyl halides is 2. The van der Waals surface area contributed by atoms with Crippen molar-refractivity contribution in [1.29, 1.82) is 0 Å². The molecule has 4 amide bonds. The van der Waals surface area contributed by atoms with E-state index >= 15 is 0 Å². The molecule has 35 heavy (non-hydrogen) atoms. The van der Waals surface area contributed by atoms with E-state index in [4.69, 9.17) is 35.1 Å². The molecular weight excluding hydrogens is 476 g/mol. The smallest absolute Gasteiger partial charge is 0.347 e. The third-order valence-electron chi connectivity index (χ3n) is 6.14. The molecule has 1 fully saturated rings. The van der Waals surface area contributed by atoms with Crippen molar-refractivity contribution in [3.8, 4) is 0 Å². The number of carbonyl (C=O) groups excluding carboxylic acids is 4. The summed E-state index contributed by atoms with van der Waals surface area (Å²) in [4.78, 5) is 50.3. The minimum atomic E-state index is -3.87. The zero-order valence-corrected chi connectivity index (χ0v) is 18.9. The molecule has 2 aromatic rings. The van der Waals surface area contributed by atoms with Gasteiger partial charge in [-0.1, -0.05) is 40.1 Å². The number of rotatable bonds is 5. The summed E-state index contributed by atoms with van der Waals surface area (Å²) in [5.74, 6) is -7.11. The van der Waals surface area contributed by atoms with Gasteiger partial charge in [-0.3, -0.25) is 24.5 Å². The van der Waals surface area contributed by atoms with Gasteiger partial charge >= 0.3 is 5.92 Å². The molecule has 13 heteroatoms. The molecule has 0 spiro atoms. The van der Waals surface area contributed by atoms with E-state index in [1.807, 2.05) is 0 Å². The maximum atomic E-state index is 14.6. The first-order valence-corrected chi connectivity index (χ1v) is 10.9. The van der Waals surface area contributed by atoms with Crippen LogP contribution in [0.15, 0.2) is 24.3 Å². The molecule has 2 aliphatic rings. The number of carbonyl (C=O) groups is 4. The summed E-state index contributed by atoms with van der Waals surface area (Å²) in [6, 6.07) is 3.63. The molecule has 2 aliphatic heterocycles. The van der Waals surface area contributed by atoms with Crippen molar-refractivity contribution in [2.75, 3.05) is 0 Å². The predicted octanol–water partition coefficient (Wildman–Crippen LogP) is -1.11. The predicted molar refractivity (Wildman–Crippen MR) is 126 cm³/mol. The molecular formula is C22H15B3ClF2N3O4. The number of imide groups is 1. The largest absolute Gasteiger partial charge is 0.349 e. The SMILES string of the molecule is [B]c1c([B])c2c(c([B])c1CNC(=O)C(F)(F)c1ccc(Cl)cc1)CN(C1CCC(=O)NC1=O)C2=O. The van der Waals surface area contributed by atoms with E-state index in [0.29, 0.717) is 0 Å². The lowest BCUT2D eigenvalue weighted by atomic mass is 9.68. The fraction of sp³-hybridized carbons (Fsp3) is 0.273. The second-order valence-electron chi connectivity index (χ2n) is 8.24. The van der Waals surface area contributed by atoms with E-state index in [-0.39, 0.29) is 57.5 Å². The van der Waals surface area contributed by atoms with Crippen LogP contribution in [-0.4, -0.2) is 58.1 Å². The summed E-state index contributed by atoms with van der Waals surface area (Å²) in [5, 5.41) is 4.53. The highest BCUT2D eigenvalue weighted by atomic mass is 35.5. The first kappa shape index (κ1) is 25.0. The lowest BCUT2D eigenvalue weighted by Gasteiger charge is -2.29. The third kappa shape index (κ3) is 4.35. The lowest BCUT2D eigenvalue weighted by molar-refractivity contribution is -0.147. The van der Waals surface area contributed by atoms with E-state index in [1.165, 1.54) is 17.0 Å². The van der Waals surface area contributed by atoms with Crippen molar-refractivity contribution in [2.24, 2.45) is 0 Å². The summed E-state index contributed by atoms with van der Waals surface area (Å²) < 4.78 is 29.2. The van der Waals surface area contributed by atoms with Crippen LogP contribution in [0.2, 0.25) is 5.02 Å². The standard InChI is InChI=1S/C22H15B3ClF2N3O4/c23-16-11(7-29-21(35)22(27,28)9-1-3-10(26)4-2-9)17(24)18(25)15-12(16)8-31(20(15)34)13-5-6-14(32)30-19(13)33/h1-4,13H,5-8H2,(H,29,35)(H,30,32,33). The van der Waals surface area contributed by atoms with Gasteiger partial charge in [0.25, 0.3) is 11.8 Å². The van der Waals surface area contributed by atoms with Crippen LogP contribution in [0.5, 0.6) is 0 Å². The Balaban J connectivity index is 1.58. The van der Waals surface area contributed by atoms with E-state index in [1.54, 1.807) is 0 Å². The molecule has 0 saturated carbocycles. The van der Waals surface area contributed by atoms with E-state index < -0.39 is 47.7 Å². The minimum Gasteiger partial charge on any atom is -0.347 e. The average Bonchev–Trinajstić information content (AvgIpc) is 3.15. The van der Waals surface area contributed by atoms with Crippen LogP contribution in [0.3, 0.4) is 0 Å². The summed E-state index contributed by atoms with van der Waals surface area (Å²) in [6.45, 7) is -0.581. The molecule has 0 aliphatic carbocycles. The molecule has 0 aromatic heterocycles. The van der Waals surface area contributed by atoms with Gasteiger partial charge in [-0.05, 0) is 29.7 Å². The topological polar surface area (TPSA) is 95.6 Å². The monoisotopic (exact) mass is 491 g/mol. The molecule has 7 nitrogen and oxygen atoms in total. The highest BCUT2D eigenvalue weighted by Gasteiger charge is 2.42. The van der Waals surface area contributed by atoms with E-state index in [0.717, 1.165) is 12.1 Å². The number of amides is 4. The molecule has 2 aromatic carbocycles. The summed E-state index contributed by atoms with van der Waals surface area (Å²) in [5.41, 5.74) is -0.507.